The molecule has 1 aromatic rings. The predicted octanol–water partition coefficient (Wildman–Crippen LogP) is 2.36. The smallest absolute Gasteiger partial charge is 0.263 e. The Hall–Kier alpha value is -0.920. The van der Waals surface area contributed by atoms with E-state index in [0.717, 1.165) is 25.9 Å². The first kappa shape index (κ1) is 16.5. The molecular weight excluding hydrogens is 308 g/mol. The zero-order valence-corrected chi connectivity index (χ0v) is 14.1. The third-order valence-electron chi connectivity index (χ3n) is 3.99. The molecule has 0 aromatic carbocycles. The summed E-state index contributed by atoms with van der Waals surface area (Å²) < 4.78 is 22.9. The van der Waals surface area contributed by atoms with Gasteiger partial charge in [0, 0.05) is 18.0 Å². The van der Waals surface area contributed by atoms with E-state index in [1.54, 1.807) is 6.92 Å². The van der Waals surface area contributed by atoms with E-state index in [2.05, 4.69) is 6.92 Å². The first-order valence-electron chi connectivity index (χ1n) is 7.25. The molecule has 1 aromatic heterocycles. The minimum Gasteiger partial charge on any atom is -0.338 e. The van der Waals surface area contributed by atoms with Gasteiger partial charge in [0.25, 0.3) is 5.91 Å². The summed E-state index contributed by atoms with van der Waals surface area (Å²) in [6, 6.07) is 1.41. The molecule has 5 nitrogen and oxygen atoms in total. The molecule has 2 rings (SSSR count). The number of sulfonamides is 1. The van der Waals surface area contributed by atoms with Crippen LogP contribution in [-0.4, -0.2) is 32.3 Å². The van der Waals surface area contributed by atoms with Gasteiger partial charge in [-0.15, -0.1) is 11.3 Å². The zero-order valence-electron chi connectivity index (χ0n) is 12.5. The van der Waals surface area contributed by atoms with Crippen LogP contribution in [0.2, 0.25) is 0 Å². The highest BCUT2D eigenvalue weighted by atomic mass is 32.2. The van der Waals surface area contributed by atoms with Gasteiger partial charge in [0.2, 0.25) is 10.0 Å². The highest BCUT2D eigenvalue weighted by Gasteiger charge is 2.26. The van der Waals surface area contributed by atoms with Gasteiger partial charge in [-0.25, -0.2) is 13.6 Å². The van der Waals surface area contributed by atoms with Crippen molar-refractivity contribution in [1.82, 2.24) is 4.90 Å². The molecule has 118 valence electrons. The van der Waals surface area contributed by atoms with Gasteiger partial charge in [0.1, 0.15) is 0 Å². The van der Waals surface area contributed by atoms with Crippen LogP contribution in [0.15, 0.2) is 11.0 Å². The fourth-order valence-corrected chi connectivity index (χ4v) is 4.96. The molecule has 0 unspecified atom stereocenters. The van der Waals surface area contributed by atoms with E-state index in [4.69, 9.17) is 5.14 Å². The van der Waals surface area contributed by atoms with Gasteiger partial charge in [-0.3, -0.25) is 4.79 Å². The van der Waals surface area contributed by atoms with Gasteiger partial charge in [0.15, 0.2) is 0 Å². The second-order valence-electron chi connectivity index (χ2n) is 5.60. The highest BCUT2D eigenvalue weighted by molar-refractivity contribution is 7.89. The summed E-state index contributed by atoms with van der Waals surface area (Å²) in [5.74, 6) is 0.636. The van der Waals surface area contributed by atoms with Gasteiger partial charge in [0.05, 0.1) is 9.77 Å². The summed E-state index contributed by atoms with van der Waals surface area (Å²) in [6.45, 7) is 5.37. The summed E-state index contributed by atoms with van der Waals surface area (Å²) in [7, 11) is -3.75. The molecule has 0 atom stereocenters. The number of aryl methyl sites for hydroxylation is 1. The van der Waals surface area contributed by atoms with Crippen molar-refractivity contribution in [2.75, 3.05) is 13.1 Å². The highest BCUT2D eigenvalue weighted by Crippen LogP contribution is 2.28. The van der Waals surface area contributed by atoms with Crippen molar-refractivity contribution in [3.8, 4) is 0 Å². The summed E-state index contributed by atoms with van der Waals surface area (Å²) in [6.07, 6.45) is 4.47. The first-order valence-corrected chi connectivity index (χ1v) is 9.61. The quantitative estimate of drug-likeness (QED) is 0.920. The maximum absolute atomic E-state index is 12.5. The van der Waals surface area contributed by atoms with Crippen LogP contribution in [0, 0.1) is 12.8 Å². The number of rotatable bonds is 4. The van der Waals surface area contributed by atoms with Crippen molar-refractivity contribution in [3.05, 3.63) is 15.8 Å². The van der Waals surface area contributed by atoms with Gasteiger partial charge in [-0.05, 0) is 31.7 Å². The van der Waals surface area contributed by atoms with Crippen molar-refractivity contribution in [2.45, 2.75) is 44.4 Å². The maximum Gasteiger partial charge on any atom is 0.263 e. The summed E-state index contributed by atoms with van der Waals surface area (Å²) in [5, 5.41) is 5.16. The fraction of sp³-hybridized carbons (Fsp3) is 0.643. The van der Waals surface area contributed by atoms with E-state index >= 15 is 0 Å². The lowest BCUT2D eigenvalue weighted by atomic mass is 9.92. The SMILES string of the molecule is CCCC1CCN(C(=O)c2cc(S(N)(=O)=O)c(C)s2)CC1. The molecule has 0 aliphatic carbocycles. The molecule has 0 bridgehead atoms. The minimum absolute atomic E-state index is 0.0664. The van der Waals surface area contributed by atoms with Crippen LogP contribution in [0.4, 0.5) is 0 Å². The topological polar surface area (TPSA) is 80.5 Å². The normalized spacial score (nSPS) is 17.2. The Morgan fingerprint density at radius 3 is 2.52 bits per heavy atom. The third kappa shape index (κ3) is 3.84. The van der Waals surface area contributed by atoms with Crippen molar-refractivity contribution in [3.63, 3.8) is 0 Å². The number of nitrogens with zero attached hydrogens (tertiary/aromatic N) is 1. The van der Waals surface area contributed by atoms with Crippen molar-refractivity contribution >= 4 is 27.3 Å². The monoisotopic (exact) mass is 330 g/mol. The van der Waals surface area contributed by atoms with E-state index in [1.165, 1.54) is 30.2 Å². The Balaban J connectivity index is 2.08. The van der Waals surface area contributed by atoms with Crippen molar-refractivity contribution < 1.29 is 13.2 Å². The van der Waals surface area contributed by atoms with E-state index in [1.807, 2.05) is 4.90 Å². The largest absolute Gasteiger partial charge is 0.338 e. The van der Waals surface area contributed by atoms with Crippen LogP contribution in [-0.2, 0) is 10.0 Å². The molecule has 1 amide bonds. The number of hydrogen-bond acceptors (Lipinski definition) is 4. The third-order valence-corrected chi connectivity index (χ3v) is 6.19. The minimum atomic E-state index is -3.75. The molecule has 2 heterocycles. The lowest BCUT2D eigenvalue weighted by Gasteiger charge is -2.31. The number of thiophene rings is 1. The number of nitrogens with two attached hydrogens (primary N) is 1. The zero-order chi connectivity index (χ0) is 15.6. The van der Waals surface area contributed by atoms with E-state index in [0.29, 0.717) is 15.7 Å². The lowest BCUT2D eigenvalue weighted by molar-refractivity contribution is 0.0691. The van der Waals surface area contributed by atoms with Gasteiger partial charge < -0.3 is 4.90 Å². The molecular formula is C14H22N2O3S2. The summed E-state index contributed by atoms with van der Waals surface area (Å²) in [4.78, 5) is 15.4. The van der Waals surface area contributed by atoms with Crippen molar-refractivity contribution in [1.29, 1.82) is 0 Å². The average Bonchev–Trinajstić information content (AvgIpc) is 2.81. The van der Waals surface area contributed by atoms with Crippen LogP contribution in [0.3, 0.4) is 0 Å². The molecule has 1 saturated heterocycles. The van der Waals surface area contributed by atoms with Crippen molar-refractivity contribution in [2.24, 2.45) is 11.1 Å². The summed E-state index contributed by atoms with van der Waals surface area (Å²) in [5.41, 5.74) is 0. The average molecular weight is 330 g/mol. The van der Waals surface area contributed by atoms with Crippen LogP contribution < -0.4 is 5.14 Å². The number of primary sulfonamides is 1. The van der Waals surface area contributed by atoms with Crippen LogP contribution >= 0.6 is 11.3 Å². The molecule has 2 N–H and O–H groups in total. The Morgan fingerprint density at radius 1 is 1.43 bits per heavy atom. The first-order chi connectivity index (χ1) is 9.82. The predicted molar refractivity (Wildman–Crippen MR) is 84.0 cm³/mol. The molecule has 1 aliphatic heterocycles. The number of piperidine rings is 1. The Kier molecular flexibility index (Phi) is 5.06. The molecule has 0 saturated carbocycles. The van der Waals surface area contributed by atoms with E-state index in [-0.39, 0.29) is 10.8 Å². The number of likely N-dealkylation sites (tertiary alicyclic amines) is 1. The van der Waals surface area contributed by atoms with Gasteiger partial charge >= 0.3 is 0 Å². The van der Waals surface area contributed by atoms with E-state index < -0.39 is 10.0 Å². The second-order valence-corrected chi connectivity index (χ2v) is 8.39. The fourth-order valence-electron chi connectivity index (χ4n) is 2.84. The summed E-state index contributed by atoms with van der Waals surface area (Å²) >= 11 is 1.20. The van der Waals surface area contributed by atoms with Gasteiger partial charge in [-0.2, -0.15) is 0 Å². The van der Waals surface area contributed by atoms with Crippen LogP contribution in [0.1, 0.15) is 47.2 Å². The number of hydrogen-bond donors (Lipinski definition) is 1. The Labute approximate surface area is 130 Å². The maximum atomic E-state index is 12.5. The number of carbonyl (C=O) groups excluding carboxylic acids is 1. The van der Waals surface area contributed by atoms with Gasteiger partial charge in [-0.1, -0.05) is 19.8 Å². The van der Waals surface area contributed by atoms with E-state index in [9.17, 15) is 13.2 Å². The lowest BCUT2D eigenvalue weighted by Crippen LogP contribution is -2.38. The molecule has 21 heavy (non-hydrogen) atoms. The molecule has 0 spiro atoms. The second kappa shape index (κ2) is 6.46. The number of amides is 1. The standard InChI is InChI=1S/C14H22N2O3S2/c1-3-4-11-5-7-16(8-6-11)14(17)12-9-13(10(2)20-12)21(15,18)19/h9,11H,3-8H2,1-2H3,(H2,15,18,19). The Bertz CT molecular complexity index is 614. The molecule has 1 fully saturated rings. The molecule has 0 radical (unpaired) electrons. The Morgan fingerprint density at radius 2 is 2.05 bits per heavy atom. The molecule has 1 aliphatic rings. The van der Waals surface area contributed by atoms with Crippen LogP contribution in [0.5, 0.6) is 0 Å². The molecule has 7 heteroatoms. The number of carbonyl (C=O) groups is 1. The van der Waals surface area contributed by atoms with Crippen LogP contribution in [0.25, 0.3) is 0 Å².